The standard InChI is InChI=1S/C12H24N2O3/c1-9(2)13(6)11(17)14(12(3,4)5)8-7-10(15)16/h9H,7-8H2,1-6H3,(H,15,16). The van der Waals surface area contributed by atoms with Crippen LogP contribution in [0.4, 0.5) is 4.79 Å². The number of nitrogens with zero attached hydrogens (tertiary/aromatic N) is 2. The maximum atomic E-state index is 12.2. The molecule has 0 aromatic carbocycles. The van der Waals surface area contributed by atoms with E-state index in [0.29, 0.717) is 0 Å². The molecule has 5 nitrogen and oxygen atoms in total. The Morgan fingerprint density at radius 2 is 1.71 bits per heavy atom. The van der Waals surface area contributed by atoms with Crippen molar-refractivity contribution in [1.82, 2.24) is 9.80 Å². The number of carbonyl (C=O) groups is 2. The Morgan fingerprint density at radius 3 is 2.00 bits per heavy atom. The van der Waals surface area contributed by atoms with Gasteiger partial charge in [0.2, 0.25) is 0 Å². The molecule has 0 rings (SSSR count). The summed E-state index contributed by atoms with van der Waals surface area (Å²) >= 11 is 0. The zero-order valence-corrected chi connectivity index (χ0v) is 11.6. The molecule has 0 aromatic rings. The van der Waals surface area contributed by atoms with Gasteiger partial charge in [-0.05, 0) is 34.6 Å². The average Bonchev–Trinajstić information content (AvgIpc) is 2.13. The molecule has 2 amide bonds. The highest BCUT2D eigenvalue weighted by Gasteiger charge is 2.29. The molecule has 0 saturated carbocycles. The largest absolute Gasteiger partial charge is 0.481 e. The molecule has 0 aromatic heterocycles. The van der Waals surface area contributed by atoms with Gasteiger partial charge in [0.25, 0.3) is 0 Å². The van der Waals surface area contributed by atoms with E-state index >= 15 is 0 Å². The summed E-state index contributed by atoms with van der Waals surface area (Å²) in [6.45, 7) is 9.79. The minimum Gasteiger partial charge on any atom is -0.481 e. The molecule has 0 unspecified atom stereocenters. The van der Waals surface area contributed by atoms with Crippen LogP contribution in [0.15, 0.2) is 0 Å². The first kappa shape index (κ1) is 15.7. The van der Waals surface area contributed by atoms with Gasteiger partial charge in [-0.25, -0.2) is 4.79 Å². The number of rotatable bonds is 4. The highest BCUT2D eigenvalue weighted by atomic mass is 16.4. The molecule has 100 valence electrons. The van der Waals surface area contributed by atoms with Crippen LogP contribution in [0.2, 0.25) is 0 Å². The molecular weight excluding hydrogens is 220 g/mol. The van der Waals surface area contributed by atoms with Gasteiger partial charge in [0.15, 0.2) is 0 Å². The number of carboxylic acids is 1. The van der Waals surface area contributed by atoms with E-state index in [1.54, 1.807) is 16.8 Å². The summed E-state index contributed by atoms with van der Waals surface area (Å²) in [5.74, 6) is -0.890. The van der Waals surface area contributed by atoms with E-state index < -0.39 is 5.97 Å². The molecule has 0 saturated heterocycles. The normalized spacial score (nSPS) is 11.5. The fourth-order valence-electron chi connectivity index (χ4n) is 1.34. The predicted octanol–water partition coefficient (Wildman–Crippen LogP) is 2.02. The monoisotopic (exact) mass is 244 g/mol. The number of carboxylic acid groups (broad SMARTS) is 1. The second-order valence-corrected chi connectivity index (χ2v) is 5.45. The van der Waals surface area contributed by atoms with Gasteiger partial charge in [0.05, 0.1) is 6.42 Å². The maximum absolute atomic E-state index is 12.2. The summed E-state index contributed by atoms with van der Waals surface area (Å²) in [6, 6.07) is -0.0362. The minimum absolute atomic E-state index is 0.0328. The summed E-state index contributed by atoms with van der Waals surface area (Å²) in [5, 5.41) is 8.71. The average molecular weight is 244 g/mol. The Labute approximate surface area is 103 Å². The lowest BCUT2D eigenvalue weighted by atomic mass is 10.1. The van der Waals surface area contributed by atoms with Gasteiger partial charge >= 0.3 is 12.0 Å². The van der Waals surface area contributed by atoms with Crippen molar-refractivity contribution in [1.29, 1.82) is 0 Å². The molecule has 0 aliphatic heterocycles. The lowest BCUT2D eigenvalue weighted by Crippen LogP contribution is -2.53. The number of urea groups is 1. The molecule has 0 fully saturated rings. The van der Waals surface area contributed by atoms with Crippen molar-refractivity contribution in [2.45, 2.75) is 52.6 Å². The molecule has 17 heavy (non-hydrogen) atoms. The van der Waals surface area contributed by atoms with Crippen molar-refractivity contribution in [2.75, 3.05) is 13.6 Å². The fourth-order valence-corrected chi connectivity index (χ4v) is 1.34. The number of aliphatic carboxylic acids is 1. The van der Waals surface area contributed by atoms with Crippen LogP contribution in [0.25, 0.3) is 0 Å². The molecule has 0 aliphatic carbocycles. The van der Waals surface area contributed by atoms with Crippen molar-refractivity contribution >= 4 is 12.0 Å². The number of carbonyl (C=O) groups excluding carboxylic acids is 1. The summed E-state index contributed by atoms with van der Waals surface area (Å²) in [7, 11) is 1.73. The van der Waals surface area contributed by atoms with Gasteiger partial charge in [0, 0.05) is 25.2 Å². The number of amides is 2. The van der Waals surface area contributed by atoms with Gasteiger partial charge in [-0.15, -0.1) is 0 Å². The fraction of sp³-hybridized carbons (Fsp3) is 0.833. The van der Waals surface area contributed by atoms with Gasteiger partial charge in [-0.1, -0.05) is 0 Å². The molecule has 0 spiro atoms. The summed E-state index contributed by atoms with van der Waals surface area (Å²) < 4.78 is 0. The summed E-state index contributed by atoms with van der Waals surface area (Å²) in [5.41, 5.74) is -0.379. The van der Waals surface area contributed by atoms with Crippen LogP contribution in [0.3, 0.4) is 0 Å². The Balaban J connectivity index is 4.81. The van der Waals surface area contributed by atoms with Gasteiger partial charge in [0.1, 0.15) is 0 Å². The van der Waals surface area contributed by atoms with E-state index in [9.17, 15) is 9.59 Å². The molecule has 5 heteroatoms. The maximum Gasteiger partial charge on any atom is 0.320 e. The lowest BCUT2D eigenvalue weighted by Gasteiger charge is -2.39. The second kappa shape index (κ2) is 5.89. The number of hydrogen-bond acceptors (Lipinski definition) is 2. The minimum atomic E-state index is -0.890. The first-order valence-electron chi connectivity index (χ1n) is 5.83. The van der Waals surface area contributed by atoms with Crippen molar-refractivity contribution in [3.8, 4) is 0 Å². The summed E-state index contributed by atoms with van der Waals surface area (Å²) in [6.07, 6.45) is -0.0328. The van der Waals surface area contributed by atoms with Crippen LogP contribution in [-0.2, 0) is 4.79 Å². The van der Waals surface area contributed by atoms with E-state index in [1.807, 2.05) is 34.6 Å². The predicted molar refractivity (Wildman–Crippen MR) is 67.0 cm³/mol. The first-order chi connectivity index (χ1) is 7.57. The molecule has 0 aliphatic rings. The Bertz CT molecular complexity index is 282. The van der Waals surface area contributed by atoms with Crippen molar-refractivity contribution < 1.29 is 14.7 Å². The third kappa shape index (κ3) is 5.06. The Hall–Kier alpha value is -1.26. The molecule has 1 N–H and O–H groups in total. The van der Waals surface area contributed by atoms with Gasteiger partial charge in [-0.2, -0.15) is 0 Å². The van der Waals surface area contributed by atoms with E-state index in [-0.39, 0.29) is 30.6 Å². The second-order valence-electron chi connectivity index (χ2n) is 5.45. The summed E-state index contributed by atoms with van der Waals surface area (Å²) in [4.78, 5) is 26.0. The highest BCUT2D eigenvalue weighted by molar-refractivity contribution is 5.76. The Morgan fingerprint density at radius 1 is 1.24 bits per heavy atom. The first-order valence-corrected chi connectivity index (χ1v) is 5.83. The van der Waals surface area contributed by atoms with Crippen LogP contribution in [-0.4, -0.2) is 52.1 Å². The lowest BCUT2D eigenvalue weighted by molar-refractivity contribution is -0.137. The van der Waals surface area contributed by atoms with E-state index in [4.69, 9.17) is 5.11 Å². The SMILES string of the molecule is CC(C)N(C)C(=O)N(CCC(=O)O)C(C)(C)C. The van der Waals surface area contributed by atoms with E-state index in [2.05, 4.69) is 0 Å². The van der Waals surface area contributed by atoms with Gasteiger partial charge in [-0.3, -0.25) is 4.79 Å². The third-order valence-corrected chi connectivity index (χ3v) is 2.67. The molecule has 0 heterocycles. The van der Waals surface area contributed by atoms with Crippen LogP contribution in [0.5, 0.6) is 0 Å². The van der Waals surface area contributed by atoms with Crippen LogP contribution >= 0.6 is 0 Å². The van der Waals surface area contributed by atoms with Crippen molar-refractivity contribution in [2.24, 2.45) is 0 Å². The van der Waals surface area contributed by atoms with Crippen molar-refractivity contribution in [3.05, 3.63) is 0 Å². The molecule has 0 bridgehead atoms. The quantitative estimate of drug-likeness (QED) is 0.823. The van der Waals surface area contributed by atoms with Crippen LogP contribution in [0.1, 0.15) is 41.0 Å². The third-order valence-electron chi connectivity index (χ3n) is 2.67. The van der Waals surface area contributed by atoms with Crippen molar-refractivity contribution in [3.63, 3.8) is 0 Å². The zero-order chi connectivity index (χ0) is 13.8. The highest BCUT2D eigenvalue weighted by Crippen LogP contribution is 2.16. The molecular formula is C12H24N2O3. The van der Waals surface area contributed by atoms with E-state index in [1.165, 1.54) is 0 Å². The smallest absolute Gasteiger partial charge is 0.320 e. The van der Waals surface area contributed by atoms with E-state index in [0.717, 1.165) is 0 Å². The molecule has 0 atom stereocenters. The topological polar surface area (TPSA) is 60.9 Å². The van der Waals surface area contributed by atoms with Crippen LogP contribution < -0.4 is 0 Å². The Kier molecular flexibility index (Phi) is 5.45. The number of hydrogen-bond donors (Lipinski definition) is 1. The van der Waals surface area contributed by atoms with Crippen LogP contribution in [0, 0.1) is 0 Å². The molecule has 0 radical (unpaired) electrons. The van der Waals surface area contributed by atoms with Gasteiger partial charge < -0.3 is 14.9 Å². The zero-order valence-electron chi connectivity index (χ0n) is 11.6.